The summed E-state index contributed by atoms with van der Waals surface area (Å²) in [7, 11) is 1.51. The molecule has 0 bridgehead atoms. The van der Waals surface area contributed by atoms with E-state index >= 15 is 0 Å². The number of rotatable bonds is 9. The average molecular weight is 429 g/mol. The molecule has 1 aromatic carbocycles. The fourth-order valence-corrected chi connectivity index (χ4v) is 2.91. The van der Waals surface area contributed by atoms with Gasteiger partial charge in [-0.25, -0.2) is 9.97 Å². The Morgan fingerprint density at radius 1 is 1.13 bits per heavy atom. The molecule has 2 aromatic heterocycles. The van der Waals surface area contributed by atoms with Crippen molar-refractivity contribution in [2.75, 3.05) is 13.7 Å². The highest BCUT2D eigenvalue weighted by molar-refractivity contribution is 5.76. The SMILES string of the molecule is COc1ccc(Cc2ccc(CNC(=O)CO)cc2)nc1-c1ccnc(OC(F)F)c1. The third-order valence-electron chi connectivity index (χ3n) is 4.40. The Balaban J connectivity index is 1.78. The van der Waals surface area contributed by atoms with Crippen molar-refractivity contribution in [1.29, 1.82) is 0 Å². The minimum atomic E-state index is -2.97. The van der Waals surface area contributed by atoms with Crippen LogP contribution in [0.2, 0.25) is 0 Å². The molecule has 0 atom stereocenters. The molecule has 3 aromatic rings. The van der Waals surface area contributed by atoms with Gasteiger partial charge in [0.2, 0.25) is 11.8 Å². The van der Waals surface area contributed by atoms with E-state index in [1.54, 1.807) is 12.1 Å². The van der Waals surface area contributed by atoms with Gasteiger partial charge in [-0.05, 0) is 29.3 Å². The molecule has 3 rings (SSSR count). The molecule has 31 heavy (non-hydrogen) atoms. The molecule has 2 N–H and O–H groups in total. The first kappa shape index (κ1) is 22.1. The highest BCUT2D eigenvalue weighted by Gasteiger charge is 2.13. The Morgan fingerprint density at radius 3 is 2.55 bits per heavy atom. The number of ether oxygens (including phenoxy) is 2. The molecule has 2 heterocycles. The number of aliphatic hydroxyl groups is 1. The lowest BCUT2D eigenvalue weighted by Crippen LogP contribution is -2.25. The van der Waals surface area contributed by atoms with Crippen LogP contribution >= 0.6 is 0 Å². The molecule has 0 fully saturated rings. The van der Waals surface area contributed by atoms with Crippen LogP contribution in [0, 0.1) is 0 Å². The molecule has 0 saturated carbocycles. The summed E-state index contributed by atoms with van der Waals surface area (Å²) in [5.41, 5.74) is 3.68. The van der Waals surface area contributed by atoms with E-state index in [0.717, 1.165) is 16.8 Å². The number of hydrogen-bond acceptors (Lipinski definition) is 6. The van der Waals surface area contributed by atoms with Crippen molar-refractivity contribution in [3.05, 3.63) is 71.5 Å². The highest BCUT2D eigenvalue weighted by atomic mass is 19.3. The third-order valence-corrected chi connectivity index (χ3v) is 4.40. The maximum absolute atomic E-state index is 12.5. The molecule has 0 spiro atoms. The first-order valence-electron chi connectivity index (χ1n) is 9.39. The zero-order valence-electron chi connectivity index (χ0n) is 16.7. The Morgan fingerprint density at radius 2 is 1.87 bits per heavy atom. The summed E-state index contributed by atoms with van der Waals surface area (Å²) in [5.74, 6) is -0.143. The summed E-state index contributed by atoms with van der Waals surface area (Å²) in [6.45, 7) is -3.18. The zero-order chi connectivity index (χ0) is 22.2. The first-order valence-corrected chi connectivity index (χ1v) is 9.39. The molecule has 0 radical (unpaired) electrons. The molecule has 0 unspecified atom stereocenters. The number of nitrogens with one attached hydrogen (secondary N) is 1. The van der Waals surface area contributed by atoms with E-state index < -0.39 is 19.1 Å². The lowest BCUT2D eigenvalue weighted by Gasteiger charge is -2.12. The number of halogens is 2. The van der Waals surface area contributed by atoms with E-state index in [0.29, 0.717) is 30.0 Å². The first-order chi connectivity index (χ1) is 15.0. The minimum absolute atomic E-state index is 0.203. The van der Waals surface area contributed by atoms with Gasteiger partial charge in [0.15, 0.2) is 0 Å². The number of aromatic nitrogens is 2. The molecular weight excluding hydrogens is 408 g/mol. The van der Waals surface area contributed by atoms with E-state index in [-0.39, 0.29) is 5.88 Å². The Hall–Kier alpha value is -3.59. The van der Waals surface area contributed by atoms with Gasteiger partial charge in [-0.15, -0.1) is 0 Å². The van der Waals surface area contributed by atoms with Crippen LogP contribution in [-0.4, -0.2) is 41.3 Å². The Labute approximate surface area is 177 Å². The van der Waals surface area contributed by atoms with Crippen molar-refractivity contribution in [3.63, 3.8) is 0 Å². The van der Waals surface area contributed by atoms with Crippen LogP contribution in [0.25, 0.3) is 11.3 Å². The van der Waals surface area contributed by atoms with E-state index in [2.05, 4.69) is 20.0 Å². The standard InChI is InChI=1S/C22H21F2N3O4/c1-30-18-7-6-17(10-14-2-4-15(5-3-14)12-26-19(29)13-28)27-21(18)16-8-9-25-20(11-16)31-22(23)24/h2-9,11,22,28H,10,12-13H2,1H3,(H,26,29). The minimum Gasteiger partial charge on any atom is -0.494 e. The van der Waals surface area contributed by atoms with E-state index in [9.17, 15) is 13.6 Å². The number of pyridine rings is 2. The van der Waals surface area contributed by atoms with Gasteiger partial charge in [-0.2, -0.15) is 8.78 Å². The summed E-state index contributed by atoms with van der Waals surface area (Å²) in [6, 6.07) is 14.2. The average Bonchev–Trinajstić information content (AvgIpc) is 2.78. The number of carbonyl (C=O) groups excluding carboxylic acids is 1. The zero-order valence-corrected chi connectivity index (χ0v) is 16.7. The second-order valence-electron chi connectivity index (χ2n) is 6.54. The summed E-state index contributed by atoms with van der Waals surface area (Å²) < 4.78 is 34.8. The molecule has 9 heteroatoms. The predicted molar refractivity (Wildman–Crippen MR) is 109 cm³/mol. The van der Waals surface area contributed by atoms with Crippen molar-refractivity contribution < 1.29 is 28.2 Å². The Kier molecular flexibility index (Phi) is 7.45. The molecule has 0 saturated heterocycles. The topological polar surface area (TPSA) is 93.6 Å². The van der Waals surface area contributed by atoms with Gasteiger partial charge in [0, 0.05) is 36.5 Å². The smallest absolute Gasteiger partial charge is 0.388 e. The van der Waals surface area contributed by atoms with Crippen molar-refractivity contribution in [3.8, 4) is 22.9 Å². The van der Waals surface area contributed by atoms with Crippen LogP contribution in [0.1, 0.15) is 16.8 Å². The summed E-state index contributed by atoms with van der Waals surface area (Å²) in [5, 5.41) is 11.3. The maximum atomic E-state index is 12.5. The fourth-order valence-electron chi connectivity index (χ4n) is 2.91. The molecular formula is C22H21F2N3O4. The largest absolute Gasteiger partial charge is 0.494 e. The van der Waals surface area contributed by atoms with E-state index in [1.165, 1.54) is 19.4 Å². The molecule has 0 aliphatic rings. The van der Waals surface area contributed by atoms with Crippen LogP contribution in [0.15, 0.2) is 54.7 Å². The van der Waals surface area contributed by atoms with Crippen molar-refractivity contribution in [2.24, 2.45) is 0 Å². The molecule has 0 aliphatic heterocycles. The van der Waals surface area contributed by atoms with Gasteiger partial charge >= 0.3 is 6.61 Å². The summed E-state index contributed by atoms with van der Waals surface area (Å²) in [4.78, 5) is 19.6. The van der Waals surface area contributed by atoms with Crippen LogP contribution in [0.3, 0.4) is 0 Å². The van der Waals surface area contributed by atoms with Crippen LogP contribution in [-0.2, 0) is 17.8 Å². The van der Waals surface area contributed by atoms with E-state index in [4.69, 9.17) is 9.84 Å². The quantitative estimate of drug-likeness (QED) is 0.543. The van der Waals surface area contributed by atoms with Gasteiger partial charge in [0.05, 0.1) is 7.11 Å². The lowest BCUT2D eigenvalue weighted by molar-refractivity contribution is -0.123. The molecule has 7 nitrogen and oxygen atoms in total. The number of aliphatic hydroxyl groups excluding tert-OH is 1. The number of benzene rings is 1. The summed E-state index contributed by atoms with van der Waals surface area (Å²) in [6.07, 6.45) is 1.90. The number of carbonyl (C=O) groups is 1. The fraction of sp³-hybridized carbons (Fsp3) is 0.227. The number of methoxy groups -OCH3 is 1. The second-order valence-corrected chi connectivity index (χ2v) is 6.54. The van der Waals surface area contributed by atoms with Crippen LogP contribution in [0.4, 0.5) is 8.78 Å². The van der Waals surface area contributed by atoms with Crippen LogP contribution in [0.5, 0.6) is 11.6 Å². The molecule has 0 aliphatic carbocycles. The predicted octanol–water partition coefficient (Wildman–Crippen LogP) is 2.95. The highest BCUT2D eigenvalue weighted by Crippen LogP contribution is 2.30. The van der Waals surface area contributed by atoms with Crippen molar-refractivity contribution in [2.45, 2.75) is 19.6 Å². The van der Waals surface area contributed by atoms with Gasteiger partial charge in [0.1, 0.15) is 18.1 Å². The van der Waals surface area contributed by atoms with Gasteiger partial charge in [0.25, 0.3) is 0 Å². The van der Waals surface area contributed by atoms with Crippen molar-refractivity contribution in [1.82, 2.24) is 15.3 Å². The van der Waals surface area contributed by atoms with Gasteiger partial charge < -0.3 is 19.9 Å². The third kappa shape index (κ3) is 6.19. The van der Waals surface area contributed by atoms with Gasteiger partial charge in [-0.1, -0.05) is 24.3 Å². The van der Waals surface area contributed by atoms with Crippen molar-refractivity contribution >= 4 is 5.91 Å². The molecule has 162 valence electrons. The van der Waals surface area contributed by atoms with Gasteiger partial charge in [-0.3, -0.25) is 4.79 Å². The monoisotopic (exact) mass is 429 g/mol. The number of amides is 1. The normalized spacial score (nSPS) is 10.7. The lowest BCUT2D eigenvalue weighted by atomic mass is 10.1. The Bertz CT molecular complexity index is 1030. The second kappa shape index (κ2) is 10.4. The van der Waals surface area contributed by atoms with Crippen LogP contribution < -0.4 is 14.8 Å². The van der Waals surface area contributed by atoms with E-state index in [1.807, 2.05) is 30.3 Å². The maximum Gasteiger partial charge on any atom is 0.388 e. The number of nitrogens with zero attached hydrogens (tertiary/aromatic N) is 2. The number of alkyl halides is 2. The summed E-state index contributed by atoms with van der Waals surface area (Å²) >= 11 is 0. The molecule has 1 amide bonds. The number of hydrogen-bond donors (Lipinski definition) is 2.